The summed E-state index contributed by atoms with van der Waals surface area (Å²) in [5.74, 6) is 1.67. The summed E-state index contributed by atoms with van der Waals surface area (Å²) >= 11 is 0. The molecule has 4 nitrogen and oxygen atoms in total. The lowest BCUT2D eigenvalue weighted by molar-refractivity contribution is 0.179. The molecular formula is C23H26N4. The standard InChI is InChI=1S/C23H26N4/c1-15-11-17(12-15)13-16(2)27-10-9-20-22(25-14-24-20)23(27)21-8-7-18-5-3-4-6-19(18)26-21/h3-8,14-15,17,23H,2,9-13H2,1H3,(H,24,25)/t15?,17?,23-/m1/s1. The van der Waals surface area contributed by atoms with E-state index in [1.807, 2.05) is 6.33 Å². The number of pyridine rings is 1. The topological polar surface area (TPSA) is 44.8 Å². The van der Waals surface area contributed by atoms with Crippen LogP contribution in [-0.4, -0.2) is 26.4 Å². The Hall–Kier alpha value is -2.62. The molecule has 27 heavy (non-hydrogen) atoms. The normalized spacial score (nSPS) is 24.5. The molecule has 1 saturated carbocycles. The maximum Gasteiger partial charge on any atom is 0.115 e. The third-order valence-corrected chi connectivity index (χ3v) is 6.23. The van der Waals surface area contributed by atoms with Crippen molar-refractivity contribution in [1.82, 2.24) is 19.9 Å². The maximum absolute atomic E-state index is 5.00. The second kappa shape index (κ2) is 6.52. The molecule has 138 valence electrons. The van der Waals surface area contributed by atoms with Crippen LogP contribution in [0.4, 0.5) is 0 Å². The first-order valence-electron chi connectivity index (χ1n) is 10.0. The zero-order valence-corrected chi connectivity index (χ0v) is 15.9. The number of rotatable bonds is 4. The molecule has 0 unspecified atom stereocenters. The highest BCUT2D eigenvalue weighted by atomic mass is 15.2. The third kappa shape index (κ3) is 2.93. The van der Waals surface area contributed by atoms with Crippen LogP contribution in [0.3, 0.4) is 0 Å². The predicted octanol–water partition coefficient (Wildman–Crippen LogP) is 4.86. The highest BCUT2D eigenvalue weighted by molar-refractivity contribution is 5.78. The van der Waals surface area contributed by atoms with Crippen molar-refractivity contribution in [3.05, 3.63) is 72.1 Å². The summed E-state index contributed by atoms with van der Waals surface area (Å²) in [6, 6.07) is 12.7. The SMILES string of the molecule is C=C(CC1CC(C)C1)N1CCc2[nH]cnc2[C@H]1c1ccc2ccccc2n1. The molecule has 0 amide bonds. The lowest BCUT2D eigenvalue weighted by Gasteiger charge is -2.41. The second-order valence-electron chi connectivity index (χ2n) is 8.25. The van der Waals surface area contributed by atoms with Crippen LogP contribution in [0, 0.1) is 11.8 Å². The average Bonchev–Trinajstić information content (AvgIpc) is 3.14. The van der Waals surface area contributed by atoms with Gasteiger partial charge in [0.25, 0.3) is 0 Å². The van der Waals surface area contributed by atoms with Crippen molar-refractivity contribution >= 4 is 10.9 Å². The van der Waals surface area contributed by atoms with Gasteiger partial charge in [0.05, 0.1) is 23.2 Å². The van der Waals surface area contributed by atoms with E-state index >= 15 is 0 Å². The Bertz CT molecular complexity index is 983. The van der Waals surface area contributed by atoms with Crippen molar-refractivity contribution < 1.29 is 0 Å². The zero-order chi connectivity index (χ0) is 18.4. The molecule has 0 radical (unpaired) electrons. The fourth-order valence-corrected chi connectivity index (χ4v) is 4.84. The lowest BCUT2D eigenvalue weighted by atomic mass is 9.74. The molecule has 2 aromatic heterocycles. The molecule has 0 bridgehead atoms. The van der Waals surface area contributed by atoms with Gasteiger partial charge in [0, 0.05) is 29.7 Å². The summed E-state index contributed by atoms with van der Waals surface area (Å²) in [6.07, 6.45) is 6.56. The Morgan fingerprint density at radius 2 is 2.07 bits per heavy atom. The summed E-state index contributed by atoms with van der Waals surface area (Å²) in [5.41, 5.74) is 5.67. The number of nitrogens with one attached hydrogen (secondary N) is 1. The van der Waals surface area contributed by atoms with E-state index in [9.17, 15) is 0 Å². The van der Waals surface area contributed by atoms with Gasteiger partial charge >= 0.3 is 0 Å². The Labute approximate surface area is 160 Å². The van der Waals surface area contributed by atoms with Crippen LogP contribution in [-0.2, 0) is 6.42 Å². The summed E-state index contributed by atoms with van der Waals surface area (Å²) < 4.78 is 0. The smallest absolute Gasteiger partial charge is 0.115 e. The Kier molecular flexibility index (Phi) is 4.00. The molecule has 1 atom stereocenters. The molecule has 3 heterocycles. The van der Waals surface area contributed by atoms with Gasteiger partial charge in [0.15, 0.2) is 0 Å². The van der Waals surface area contributed by atoms with Gasteiger partial charge in [0.1, 0.15) is 6.04 Å². The van der Waals surface area contributed by atoms with Gasteiger partial charge in [-0.1, -0.05) is 37.8 Å². The fraction of sp³-hybridized carbons (Fsp3) is 0.391. The number of aromatic amines is 1. The van der Waals surface area contributed by atoms with E-state index < -0.39 is 0 Å². The first-order valence-corrected chi connectivity index (χ1v) is 10.0. The van der Waals surface area contributed by atoms with Crippen LogP contribution in [0.1, 0.15) is 49.3 Å². The molecular weight excluding hydrogens is 332 g/mol. The molecule has 1 fully saturated rings. The largest absolute Gasteiger partial charge is 0.361 e. The van der Waals surface area contributed by atoms with Crippen LogP contribution in [0.2, 0.25) is 0 Å². The van der Waals surface area contributed by atoms with Crippen molar-refractivity contribution in [2.45, 2.75) is 38.6 Å². The molecule has 4 heteroatoms. The van der Waals surface area contributed by atoms with Crippen molar-refractivity contribution in [1.29, 1.82) is 0 Å². The number of imidazole rings is 1. The summed E-state index contributed by atoms with van der Waals surface area (Å²) in [5, 5.41) is 1.17. The zero-order valence-electron chi connectivity index (χ0n) is 15.9. The Morgan fingerprint density at radius 3 is 2.93 bits per heavy atom. The number of hydrogen-bond acceptors (Lipinski definition) is 3. The van der Waals surface area contributed by atoms with Gasteiger partial charge in [-0.05, 0) is 43.2 Å². The first kappa shape index (κ1) is 16.5. The van der Waals surface area contributed by atoms with E-state index in [0.29, 0.717) is 0 Å². The van der Waals surface area contributed by atoms with Crippen molar-refractivity contribution in [2.24, 2.45) is 11.8 Å². The molecule has 1 N–H and O–H groups in total. The molecule has 1 aromatic carbocycles. The highest BCUT2D eigenvalue weighted by Crippen LogP contribution is 2.41. The van der Waals surface area contributed by atoms with Crippen LogP contribution < -0.4 is 0 Å². The van der Waals surface area contributed by atoms with Crippen molar-refractivity contribution in [3.63, 3.8) is 0 Å². The number of hydrogen-bond donors (Lipinski definition) is 1. The van der Waals surface area contributed by atoms with Crippen LogP contribution in [0.5, 0.6) is 0 Å². The molecule has 5 rings (SSSR count). The van der Waals surface area contributed by atoms with E-state index in [4.69, 9.17) is 4.98 Å². The van der Waals surface area contributed by atoms with E-state index in [1.54, 1.807) is 0 Å². The summed E-state index contributed by atoms with van der Waals surface area (Å²) in [7, 11) is 0. The van der Waals surface area contributed by atoms with E-state index in [1.165, 1.54) is 29.6 Å². The van der Waals surface area contributed by atoms with Gasteiger partial charge in [-0.3, -0.25) is 4.98 Å². The number of allylic oxidation sites excluding steroid dienone is 1. The van der Waals surface area contributed by atoms with E-state index in [-0.39, 0.29) is 6.04 Å². The number of nitrogens with zero attached hydrogens (tertiary/aromatic N) is 3. The highest BCUT2D eigenvalue weighted by Gasteiger charge is 2.34. The monoisotopic (exact) mass is 358 g/mol. The third-order valence-electron chi connectivity index (χ3n) is 6.23. The molecule has 0 saturated heterocycles. The minimum absolute atomic E-state index is 0.0506. The van der Waals surface area contributed by atoms with Gasteiger partial charge in [-0.15, -0.1) is 0 Å². The number of fused-ring (bicyclic) bond motifs is 2. The van der Waals surface area contributed by atoms with E-state index in [2.05, 4.69) is 64.8 Å². The van der Waals surface area contributed by atoms with Gasteiger partial charge in [0.2, 0.25) is 0 Å². The molecule has 1 aliphatic heterocycles. The molecule has 1 aliphatic carbocycles. The predicted molar refractivity (Wildman–Crippen MR) is 108 cm³/mol. The average molecular weight is 358 g/mol. The molecule has 2 aliphatic rings. The minimum atomic E-state index is 0.0506. The van der Waals surface area contributed by atoms with E-state index in [0.717, 1.165) is 48.1 Å². The van der Waals surface area contributed by atoms with Crippen LogP contribution >= 0.6 is 0 Å². The van der Waals surface area contributed by atoms with Crippen molar-refractivity contribution in [2.75, 3.05) is 6.54 Å². The number of benzene rings is 1. The number of H-pyrrole nitrogens is 1. The van der Waals surface area contributed by atoms with Gasteiger partial charge < -0.3 is 9.88 Å². The molecule has 0 spiro atoms. The van der Waals surface area contributed by atoms with Gasteiger partial charge in [-0.2, -0.15) is 0 Å². The lowest BCUT2D eigenvalue weighted by Crippen LogP contribution is -2.37. The minimum Gasteiger partial charge on any atom is -0.361 e. The molecule has 3 aromatic rings. The summed E-state index contributed by atoms with van der Waals surface area (Å²) in [4.78, 5) is 15.4. The Balaban J connectivity index is 1.51. The van der Waals surface area contributed by atoms with Crippen LogP contribution in [0.25, 0.3) is 10.9 Å². The van der Waals surface area contributed by atoms with Crippen molar-refractivity contribution in [3.8, 4) is 0 Å². The van der Waals surface area contributed by atoms with Crippen LogP contribution in [0.15, 0.2) is 55.0 Å². The number of aromatic nitrogens is 3. The second-order valence-corrected chi connectivity index (χ2v) is 8.25. The summed E-state index contributed by atoms with van der Waals surface area (Å²) in [6.45, 7) is 7.79. The quantitative estimate of drug-likeness (QED) is 0.725. The maximum atomic E-state index is 5.00. The van der Waals surface area contributed by atoms with Gasteiger partial charge in [-0.25, -0.2) is 4.98 Å². The Morgan fingerprint density at radius 1 is 1.22 bits per heavy atom. The fourth-order valence-electron chi connectivity index (χ4n) is 4.84. The first-order chi connectivity index (χ1) is 13.2. The number of para-hydroxylation sites is 1.